The molecule has 0 saturated heterocycles. The van der Waals surface area contributed by atoms with E-state index in [4.69, 9.17) is 9.47 Å². The van der Waals surface area contributed by atoms with Gasteiger partial charge in [0.1, 0.15) is 17.6 Å². The minimum Gasteiger partial charge on any atom is -0.497 e. The Morgan fingerprint density at radius 1 is 0.893 bits per heavy atom. The third-order valence-corrected chi connectivity index (χ3v) is 4.75. The van der Waals surface area contributed by atoms with Crippen molar-refractivity contribution in [3.05, 3.63) is 72.2 Å². The highest BCUT2D eigenvalue weighted by atomic mass is 16.5. The Morgan fingerprint density at radius 3 is 2.29 bits per heavy atom. The van der Waals surface area contributed by atoms with E-state index in [1.54, 1.807) is 25.0 Å². The Morgan fingerprint density at radius 2 is 1.64 bits per heavy atom. The number of hydrogen-bond acceptors (Lipinski definition) is 5. The van der Waals surface area contributed by atoms with Gasteiger partial charge >= 0.3 is 0 Å². The Kier molecular flexibility index (Phi) is 4.71. The largest absolute Gasteiger partial charge is 0.497 e. The van der Waals surface area contributed by atoms with Crippen LogP contribution in [0.4, 0.5) is 0 Å². The van der Waals surface area contributed by atoms with Crippen molar-refractivity contribution in [3.63, 3.8) is 0 Å². The number of aliphatic hydroxyl groups excluding tert-OH is 1. The monoisotopic (exact) mass is 375 g/mol. The number of fused-ring (bicyclic) bond motifs is 1. The molecule has 0 bridgehead atoms. The van der Waals surface area contributed by atoms with Crippen LogP contribution in [0.1, 0.15) is 17.2 Å². The smallest absolute Gasteiger partial charge is 0.122 e. The van der Waals surface area contributed by atoms with Crippen LogP contribution < -0.4 is 9.47 Å². The number of ether oxygens (including phenoxy) is 2. The van der Waals surface area contributed by atoms with Gasteiger partial charge in [-0.25, -0.2) is 0 Å². The van der Waals surface area contributed by atoms with E-state index in [1.165, 1.54) is 0 Å². The van der Waals surface area contributed by atoms with Gasteiger partial charge in [-0.05, 0) is 41.5 Å². The average Bonchev–Trinajstić information content (AvgIpc) is 3.18. The van der Waals surface area contributed by atoms with Gasteiger partial charge in [0.05, 0.1) is 25.9 Å². The normalized spacial score (nSPS) is 12.1. The minimum absolute atomic E-state index is 0.634. The van der Waals surface area contributed by atoms with Gasteiger partial charge in [0.25, 0.3) is 0 Å². The first-order chi connectivity index (χ1) is 13.6. The van der Waals surface area contributed by atoms with Crippen LogP contribution in [-0.2, 0) is 7.05 Å². The quantitative estimate of drug-likeness (QED) is 0.576. The van der Waals surface area contributed by atoms with E-state index in [-0.39, 0.29) is 0 Å². The third kappa shape index (κ3) is 3.42. The fourth-order valence-electron chi connectivity index (χ4n) is 3.23. The van der Waals surface area contributed by atoms with Crippen LogP contribution >= 0.6 is 0 Å². The molecule has 1 atom stereocenters. The number of aromatic nitrogens is 3. The van der Waals surface area contributed by atoms with Gasteiger partial charge in [-0.3, -0.25) is 9.67 Å². The molecule has 1 unspecified atom stereocenters. The standard InChI is InChI=1S/C22H21N3O3/c1-25-13-18(12-24-25)17-7-15-6-14(4-5-21(15)23-11-17)22(26)16-8-19(27-2)10-20(9-16)28-3/h4-13,22,26H,1-3H3. The van der Waals surface area contributed by atoms with Crippen molar-refractivity contribution in [1.29, 1.82) is 0 Å². The number of pyridine rings is 1. The van der Waals surface area contributed by atoms with Gasteiger partial charge in [-0.15, -0.1) is 0 Å². The number of aliphatic hydroxyl groups is 1. The number of hydrogen-bond donors (Lipinski definition) is 1. The fraction of sp³-hybridized carbons (Fsp3) is 0.182. The maximum Gasteiger partial charge on any atom is 0.122 e. The SMILES string of the molecule is COc1cc(OC)cc(C(O)c2ccc3ncc(-c4cnn(C)c4)cc3c2)c1. The van der Waals surface area contributed by atoms with Gasteiger partial charge in [0.2, 0.25) is 0 Å². The van der Waals surface area contributed by atoms with Gasteiger partial charge in [0, 0.05) is 42.0 Å². The summed E-state index contributed by atoms with van der Waals surface area (Å²) in [6, 6.07) is 13.2. The summed E-state index contributed by atoms with van der Waals surface area (Å²) in [5.74, 6) is 1.27. The first kappa shape index (κ1) is 18.0. The molecule has 0 aliphatic heterocycles. The molecule has 0 spiro atoms. The Balaban J connectivity index is 1.74. The summed E-state index contributed by atoms with van der Waals surface area (Å²) in [5, 5.41) is 16.1. The molecule has 2 aromatic carbocycles. The lowest BCUT2D eigenvalue weighted by molar-refractivity contribution is 0.219. The predicted molar refractivity (Wildman–Crippen MR) is 108 cm³/mol. The Labute approximate surface area is 163 Å². The molecule has 2 heterocycles. The number of benzene rings is 2. The lowest BCUT2D eigenvalue weighted by Gasteiger charge is -2.15. The van der Waals surface area contributed by atoms with Crippen molar-refractivity contribution in [1.82, 2.24) is 14.8 Å². The number of rotatable bonds is 5. The minimum atomic E-state index is -0.810. The molecule has 0 aliphatic rings. The van der Waals surface area contributed by atoms with E-state index in [1.807, 2.05) is 56.0 Å². The van der Waals surface area contributed by atoms with Crippen molar-refractivity contribution in [3.8, 4) is 22.6 Å². The Hall–Kier alpha value is -3.38. The molecule has 0 aliphatic carbocycles. The van der Waals surface area contributed by atoms with Crippen LogP contribution in [0.25, 0.3) is 22.0 Å². The highest BCUT2D eigenvalue weighted by Crippen LogP contribution is 2.31. The van der Waals surface area contributed by atoms with Crippen molar-refractivity contribution in [2.24, 2.45) is 7.05 Å². The molecule has 0 radical (unpaired) electrons. The molecule has 0 saturated carbocycles. The van der Waals surface area contributed by atoms with Crippen LogP contribution in [0.15, 0.2) is 61.1 Å². The van der Waals surface area contributed by atoms with E-state index in [0.717, 1.165) is 27.6 Å². The molecule has 28 heavy (non-hydrogen) atoms. The summed E-state index contributed by atoms with van der Waals surface area (Å²) in [4.78, 5) is 4.54. The lowest BCUT2D eigenvalue weighted by atomic mass is 9.98. The van der Waals surface area contributed by atoms with Crippen molar-refractivity contribution >= 4 is 10.9 Å². The molecule has 0 fully saturated rings. The van der Waals surface area contributed by atoms with E-state index in [2.05, 4.69) is 16.1 Å². The van der Waals surface area contributed by atoms with Crippen molar-refractivity contribution in [2.45, 2.75) is 6.10 Å². The third-order valence-electron chi connectivity index (χ3n) is 4.75. The molecular weight excluding hydrogens is 354 g/mol. The number of methoxy groups -OCH3 is 2. The zero-order valence-corrected chi connectivity index (χ0v) is 16.0. The second kappa shape index (κ2) is 7.32. The summed E-state index contributed by atoms with van der Waals surface area (Å²) in [6.45, 7) is 0. The summed E-state index contributed by atoms with van der Waals surface area (Å²) in [5.41, 5.74) is 4.32. The average molecular weight is 375 g/mol. The lowest BCUT2D eigenvalue weighted by Crippen LogP contribution is -2.01. The molecule has 6 nitrogen and oxygen atoms in total. The summed E-state index contributed by atoms with van der Waals surface area (Å²) >= 11 is 0. The summed E-state index contributed by atoms with van der Waals surface area (Å²) in [7, 11) is 5.06. The van der Waals surface area contributed by atoms with Gasteiger partial charge in [-0.2, -0.15) is 5.10 Å². The van der Waals surface area contributed by atoms with Crippen molar-refractivity contribution < 1.29 is 14.6 Å². The molecular formula is C22H21N3O3. The molecule has 142 valence electrons. The molecule has 4 rings (SSSR count). The van der Waals surface area contributed by atoms with Gasteiger partial charge in [0.15, 0.2) is 0 Å². The van der Waals surface area contributed by atoms with E-state index >= 15 is 0 Å². The first-order valence-corrected chi connectivity index (χ1v) is 8.87. The first-order valence-electron chi connectivity index (χ1n) is 8.87. The maximum absolute atomic E-state index is 10.9. The Bertz CT molecular complexity index is 1110. The van der Waals surface area contributed by atoms with Crippen LogP contribution in [0.2, 0.25) is 0 Å². The fourth-order valence-corrected chi connectivity index (χ4v) is 3.23. The summed E-state index contributed by atoms with van der Waals surface area (Å²) < 4.78 is 12.4. The van der Waals surface area contributed by atoms with Crippen LogP contribution in [0.3, 0.4) is 0 Å². The van der Waals surface area contributed by atoms with Crippen molar-refractivity contribution in [2.75, 3.05) is 14.2 Å². The van der Waals surface area contributed by atoms with E-state index in [0.29, 0.717) is 17.1 Å². The summed E-state index contributed by atoms with van der Waals surface area (Å²) in [6.07, 6.45) is 4.78. The predicted octanol–water partition coefficient (Wildman–Crippen LogP) is 3.73. The van der Waals surface area contributed by atoms with Crippen LogP contribution in [0, 0.1) is 0 Å². The molecule has 2 aromatic heterocycles. The zero-order chi connectivity index (χ0) is 19.7. The van der Waals surface area contributed by atoms with Crippen LogP contribution in [0.5, 0.6) is 11.5 Å². The molecule has 1 N–H and O–H groups in total. The topological polar surface area (TPSA) is 69.4 Å². The molecule has 0 amide bonds. The van der Waals surface area contributed by atoms with Gasteiger partial charge < -0.3 is 14.6 Å². The van der Waals surface area contributed by atoms with E-state index < -0.39 is 6.10 Å². The number of nitrogens with zero attached hydrogens (tertiary/aromatic N) is 3. The second-order valence-corrected chi connectivity index (χ2v) is 6.63. The zero-order valence-electron chi connectivity index (χ0n) is 16.0. The number of aryl methyl sites for hydroxylation is 1. The molecule has 4 aromatic rings. The van der Waals surface area contributed by atoms with Crippen LogP contribution in [-0.4, -0.2) is 34.1 Å². The highest BCUT2D eigenvalue weighted by molar-refractivity contribution is 5.84. The van der Waals surface area contributed by atoms with Gasteiger partial charge in [-0.1, -0.05) is 6.07 Å². The van der Waals surface area contributed by atoms with E-state index in [9.17, 15) is 5.11 Å². The second-order valence-electron chi connectivity index (χ2n) is 6.63. The molecule has 6 heteroatoms. The maximum atomic E-state index is 10.9. The highest BCUT2D eigenvalue weighted by Gasteiger charge is 2.14.